The van der Waals surface area contributed by atoms with E-state index < -0.39 is 0 Å². The van der Waals surface area contributed by atoms with Crippen molar-refractivity contribution >= 4 is 23.3 Å². The molecule has 0 bridgehead atoms. The summed E-state index contributed by atoms with van der Waals surface area (Å²) in [5, 5.41) is 5.50. The van der Waals surface area contributed by atoms with Gasteiger partial charge in [0.05, 0.1) is 5.69 Å². The first-order chi connectivity index (χ1) is 12.5. The minimum Gasteiger partial charge on any atom is -0.482 e. The predicted octanol–water partition coefficient (Wildman–Crippen LogP) is 2.61. The van der Waals surface area contributed by atoms with E-state index in [0.29, 0.717) is 23.5 Å². The van der Waals surface area contributed by atoms with Gasteiger partial charge in [-0.2, -0.15) is 0 Å². The molecule has 0 aliphatic carbocycles. The number of hydrogen-bond acceptors (Lipinski definition) is 4. The largest absolute Gasteiger partial charge is 0.482 e. The average molecular weight is 352 g/mol. The molecule has 2 aromatic carbocycles. The van der Waals surface area contributed by atoms with Crippen molar-refractivity contribution in [3.8, 4) is 5.75 Å². The molecule has 0 saturated heterocycles. The zero-order chi connectivity index (χ0) is 18.5. The highest BCUT2D eigenvalue weighted by Gasteiger charge is 2.18. The van der Waals surface area contributed by atoms with Crippen molar-refractivity contribution < 1.29 is 19.1 Å². The van der Waals surface area contributed by atoms with Gasteiger partial charge in [-0.15, -0.1) is 0 Å². The van der Waals surface area contributed by atoms with Crippen LogP contribution in [0.4, 0.5) is 5.69 Å². The normalized spacial score (nSPS) is 12.6. The van der Waals surface area contributed by atoms with Crippen LogP contribution in [0.15, 0.2) is 42.5 Å². The molecule has 26 heavy (non-hydrogen) atoms. The molecule has 3 rings (SSSR count). The topological polar surface area (TPSA) is 84.5 Å². The monoisotopic (exact) mass is 352 g/mol. The number of ether oxygens (including phenoxy) is 1. The van der Waals surface area contributed by atoms with Crippen LogP contribution in [0.3, 0.4) is 0 Å². The number of carbonyl (C=O) groups excluding carboxylic acids is 3. The van der Waals surface area contributed by atoms with Crippen LogP contribution in [0.2, 0.25) is 0 Å². The number of benzene rings is 2. The molecule has 0 atom stereocenters. The number of Topliss-reactive ketones (excluding diaryl/α,β-unsaturated/α-hetero) is 1. The van der Waals surface area contributed by atoms with Gasteiger partial charge in [0, 0.05) is 24.9 Å². The molecule has 6 nitrogen and oxygen atoms in total. The fourth-order valence-electron chi connectivity index (χ4n) is 2.72. The van der Waals surface area contributed by atoms with Crippen LogP contribution in [0, 0.1) is 6.92 Å². The van der Waals surface area contributed by atoms with E-state index in [4.69, 9.17) is 4.74 Å². The van der Waals surface area contributed by atoms with E-state index >= 15 is 0 Å². The number of aryl methyl sites for hydroxylation is 1. The maximum atomic E-state index is 12.3. The fourth-order valence-corrected chi connectivity index (χ4v) is 2.72. The molecule has 134 valence electrons. The Balaban J connectivity index is 1.52. The fraction of sp³-hybridized carbons (Fsp3) is 0.250. The first-order valence-electron chi connectivity index (χ1n) is 8.44. The Morgan fingerprint density at radius 2 is 1.96 bits per heavy atom. The lowest BCUT2D eigenvalue weighted by molar-refractivity contribution is -0.121. The van der Waals surface area contributed by atoms with Gasteiger partial charge < -0.3 is 15.4 Å². The standard InChI is InChI=1S/C20H20N2O4/c1-13-4-2-3-5-15(13)11-21-19(24)9-7-17(23)14-6-8-18-16(10-14)22-20(25)12-26-18/h2-6,8,10H,7,9,11-12H2,1H3,(H,21,24)(H,22,25). The van der Waals surface area contributed by atoms with Crippen molar-refractivity contribution in [1.82, 2.24) is 5.32 Å². The van der Waals surface area contributed by atoms with Gasteiger partial charge in [-0.05, 0) is 36.2 Å². The van der Waals surface area contributed by atoms with Gasteiger partial charge in [0.2, 0.25) is 5.91 Å². The van der Waals surface area contributed by atoms with E-state index in [0.717, 1.165) is 11.1 Å². The van der Waals surface area contributed by atoms with Gasteiger partial charge in [-0.1, -0.05) is 24.3 Å². The summed E-state index contributed by atoms with van der Waals surface area (Å²) >= 11 is 0. The Morgan fingerprint density at radius 1 is 1.15 bits per heavy atom. The zero-order valence-corrected chi connectivity index (χ0v) is 14.5. The number of rotatable bonds is 6. The van der Waals surface area contributed by atoms with Crippen LogP contribution in [-0.4, -0.2) is 24.2 Å². The van der Waals surface area contributed by atoms with Crippen molar-refractivity contribution in [3.63, 3.8) is 0 Å². The van der Waals surface area contributed by atoms with Crippen LogP contribution in [-0.2, 0) is 16.1 Å². The molecule has 0 saturated carbocycles. The van der Waals surface area contributed by atoms with E-state index in [1.807, 2.05) is 31.2 Å². The summed E-state index contributed by atoms with van der Waals surface area (Å²) in [4.78, 5) is 35.7. The third-order valence-electron chi connectivity index (χ3n) is 4.25. The third kappa shape index (κ3) is 4.27. The van der Waals surface area contributed by atoms with Crippen LogP contribution >= 0.6 is 0 Å². The molecule has 0 spiro atoms. The summed E-state index contributed by atoms with van der Waals surface area (Å²) in [6, 6.07) is 12.7. The molecule has 2 aromatic rings. The number of fused-ring (bicyclic) bond motifs is 1. The van der Waals surface area contributed by atoms with E-state index in [1.54, 1.807) is 18.2 Å². The van der Waals surface area contributed by atoms with E-state index in [2.05, 4.69) is 10.6 Å². The summed E-state index contributed by atoms with van der Waals surface area (Å²) in [5.41, 5.74) is 3.09. The maximum absolute atomic E-state index is 12.3. The molecule has 1 aliphatic heterocycles. The first-order valence-corrected chi connectivity index (χ1v) is 8.44. The molecule has 1 heterocycles. The van der Waals surface area contributed by atoms with Crippen molar-refractivity contribution in [2.45, 2.75) is 26.3 Å². The molecular formula is C20H20N2O4. The highest BCUT2D eigenvalue weighted by molar-refractivity contribution is 6.01. The van der Waals surface area contributed by atoms with Crippen molar-refractivity contribution in [1.29, 1.82) is 0 Å². The van der Waals surface area contributed by atoms with Gasteiger partial charge in [-0.3, -0.25) is 14.4 Å². The molecule has 2 amide bonds. The van der Waals surface area contributed by atoms with Gasteiger partial charge in [-0.25, -0.2) is 0 Å². The second-order valence-electron chi connectivity index (χ2n) is 6.17. The highest BCUT2D eigenvalue weighted by atomic mass is 16.5. The Bertz CT molecular complexity index is 861. The van der Waals surface area contributed by atoms with Gasteiger partial charge in [0.1, 0.15) is 5.75 Å². The lowest BCUT2D eigenvalue weighted by Gasteiger charge is -2.18. The molecule has 0 aromatic heterocycles. The molecule has 2 N–H and O–H groups in total. The summed E-state index contributed by atoms with van der Waals surface area (Å²) in [6.07, 6.45) is 0.220. The minimum absolute atomic E-state index is 0.0264. The second-order valence-corrected chi connectivity index (χ2v) is 6.17. The Kier molecular flexibility index (Phi) is 5.31. The van der Waals surface area contributed by atoms with Crippen LogP contribution < -0.4 is 15.4 Å². The highest BCUT2D eigenvalue weighted by Crippen LogP contribution is 2.28. The summed E-state index contributed by atoms with van der Waals surface area (Å²) < 4.78 is 5.26. The average Bonchev–Trinajstić information content (AvgIpc) is 2.64. The number of hydrogen-bond donors (Lipinski definition) is 2. The predicted molar refractivity (Wildman–Crippen MR) is 97.2 cm³/mol. The molecule has 1 aliphatic rings. The van der Waals surface area contributed by atoms with E-state index in [9.17, 15) is 14.4 Å². The first kappa shape index (κ1) is 17.7. The van der Waals surface area contributed by atoms with Crippen LogP contribution in [0.25, 0.3) is 0 Å². The number of anilines is 1. The Labute approximate surface area is 151 Å². The number of nitrogens with one attached hydrogen (secondary N) is 2. The maximum Gasteiger partial charge on any atom is 0.262 e. The van der Waals surface area contributed by atoms with Gasteiger partial charge in [0.15, 0.2) is 12.4 Å². The van der Waals surface area contributed by atoms with Gasteiger partial charge >= 0.3 is 0 Å². The molecule has 0 fully saturated rings. The number of amides is 2. The van der Waals surface area contributed by atoms with E-state index in [1.165, 1.54) is 0 Å². The number of ketones is 1. The Morgan fingerprint density at radius 3 is 2.77 bits per heavy atom. The lowest BCUT2D eigenvalue weighted by Crippen LogP contribution is -2.25. The van der Waals surface area contributed by atoms with Crippen LogP contribution in [0.1, 0.15) is 34.3 Å². The lowest BCUT2D eigenvalue weighted by atomic mass is 10.0. The minimum atomic E-state index is -0.252. The summed E-state index contributed by atoms with van der Waals surface area (Å²) in [7, 11) is 0. The van der Waals surface area contributed by atoms with Gasteiger partial charge in [0.25, 0.3) is 5.91 Å². The third-order valence-corrected chi connectivity index (χ3v) is 4.25. The second kappa shape index (κ2) is 7.82. The zero-order valence-electron chi connectivity index (χ0n) is 14.5. The van der Waals surface area contributed by atoms with E-state index in [-0.39, 0.29) is 37.0 Å². The Hall–Kier alpha value is -3.15. The van der Waals surface area contributed by atoms with Crippen LogP contribution in [0.5, 0.6) is 5.75 Å². The summed E-state index contributed by atoms with van der Waals surface area (Å²) in [6.45, 7) is 2.41. The molecular weight excluding hydrogens is 332 g/mol. The smallest absolute Gasteiger partial charge is 0.262 e. The summed E-state index contributed by atoms with van der Waals surface area (Å²) in [5.74, 6) is -0.0373. The molecule has 0 unspecified atom stereocenters. The van der Waals surface area contributed by atoms with Crippen molar-refractivity contribution in [2.24, 2.45) is 0 Å². The van der Waals surface area contributed by atoms with Crippen molar-refractivity contribution in [3.05, 3.63) is 59.2 Å². The molecule has 0 radical (unpaired) electrons. The van der Waals surface area contributed by atoms with Crippen molar-refractivity contribution in [2.75, 3.05) is 11.9 Å². The SMILES string of the molecule is Cc1ccccc1CNC(=O)CCC(=O)c1ccc2c(c1)NC(=O)CO2. The quantitative estimate of drug-likeness (QED) is 0.783. The molecule has 6 heteroatoms. The number of carbonyl (C=O) groups is 3.